The molecular weight excluding hydrogens is 358 g/mol. The largest absolute Gasteiger partial charge is 0.495 e. The average molecular weight is 385 g/mol. The van der Waals surface area contributed by atoms with Crippen LogP contribution in [0.15, 0.2) is 23.1 Å². The zero-order valence-corrected chi connectivity index (χ0v) is 16.1. The van der Waals surface area contributed by atoms with Crippen LogP contribution in [-0.4, -0.2) is 51.0 Å². The van der Waals surface area contributed by atoms with E-state index >= 15 is 0 Å². The van der Waals surface area contributed by atoms with Crippen molar-refractivity contribution < 1.29 is 18.1 Å². The van der Waals surface area contributed by atoms with E-state index in [1.165, 1.54) is 19.2 Å². The number of methoxy groups -OCH3 is 1. The Morgan fingerprint density at radius 1 is 1.38 bits per heavy atom. The second kappa shape index (κ2) is 9.29. The maximum atomic E-state index is 12.7. The van der Waals surface area contributed by atoms with Crippen LogP contribution in [0.5, 0.6) is 5.75 Å². The fourth-order valence-corrected chi connectivity index (χ4v) is 4.48. The summed E-state index contributed by atoms with van der Waals surface area (Å²) in [6.45, 7) is 4.36. The maximum absolute atomic E-state index is 12.7. The summed E-state index contributed by atoms with van der Waals surface area (Å²) in [5, 5.41) is 11.0. The van der Waals surface area contributed by atoms with Crippen LogP contribution in [0.2, 0.25) is 0 Å². The predicted octanol–water partition coefficient (Wildman–Crippen LogP) is 2.54. The maximum Gasteiger partial charge on any atom is 0.271 e. The number of sulfonamides is 1. The SMILES string of the molecule is CCCCN1CCCCC1CNS(=O)(=O)c1cc([N+](=O)[O-])ccc1OC. The van der Waals surface area contributed by atoms with Gasteiger partial charge in [-0.2, -0.15) is 0 Å². The highest BCUT2D eigenvalue weighted by atomic mass is 32.2. The van der Waals surface area contributed by atoms with Crippen LogP contribution in [0.3, 0.4) is 0 Å². The number of nitro benzene ring substituents is 1. The van der Waals surface area contributed by atoms with Gasteiger partial charge in [-0.1, -0.05) is 19.8 Å². The lowest BCUT2D eigenvalue weighted by Crippen LogP contribution is -2.46. The number of benzene rings is 1. The first-order chi connectivity index (χ1) is 12.4. The molecule has 26 heavy (non-hydrogen) atoms. The summed E-state index contributed by atoms with van der Waals surface area (Å²) >= 11 is 0. The van der Waals surface area contributed by atoms with E-state index in [4.69, 9.17) is 4.74 Å². The molecule has 9 heteroatoms. The normalized spacial score (nSPS) is 18.6. The second-order valence-corrected chi connectivity index (χ2v) is 8.22. The molecule has 1 N–H and O–H groups in total. The van der Waals surface area contributed by atoms with Gasteiger partial charge in [0.1, 0.15) is 10.6 Å². The second-order valence-electron chi connectivity index (χ2n) is 6.48. The third-order valence-electron chi connectivity index (χ3n) is 4.70. The number of rotatable bonds is 9. The molecule has 0 aromatic heterocycles. The molecule has 1 heterocycles. The summed E-state index contributed by atoms with van der Waals surface area (Å²) in [5.74, 6) is 0.0922. The van der Waals surface area contributed by atoms with E-state index in [0.29, 0.717) is 0 Å². The van der Waals surface area contributed by atoms with Crippen LogP contribution in [-0.2, 0) is 10.0 Å². The Morgan fingerprint density at radius 2 is 2.15 bits per heavy atom. The van der Waals surface area contributed by atoms with Crippen molar-refractivity contribution in [3.8, 4) is 5.75 Å². The highest BCUT2D eigenvalue weighted by Gasteiger charge is 2.27. The van der Waals surface area contributed by atoms with Crippen molar-refractivity contribution in [2.24, 2.45) is 0 Å². The lowest BCUT2D eigenvalue weighted by atomic mass is 10.0. The Hall–Kier alpha value is -1.71. The predicted molar refractivity (Wildman–Crippen MR) is 99.0 cm³/mol. The standard InChI is InChI=1S/C17H27N3O5S/c1-3-4-10-19-11-6-5-7-15(19)13-18-26(23,24)17-12-14(20(21)22)8-9-16(17)25-2/h8-9,12,15,18H,3-7,10-11,13H2,1-2H3. The zero-order chi connectivity index (χ0) is 19.2. The third-order valence-corrected chi connectivity index (χ3v) is 6.15. The molecule has 146 valence electrons. The smallest absolute Gasteiger partial charge is 0.271 e. The minimum atomic E-state index is -3.91. The molecule has 0 saturated carbocycles. The summed E-state index contributed by atoms with van der Waals surface area (Å²) in [6, 6.07) is 3.72. The fraction of sp³-hybridized carbons (Fsp3) is 0.647. The van der Waals surface area contributed by atoms with Crippen molar-refractivity contribution in [2.45, 2.75) is 50.0 Å². The van der Waals surface area contributed by atoms with Gasteiger partial charge in [-0.25, -0.2) is 13.1 Å². The molecule has 0 bridgehead atoms. The van der Waals surface area contributed by atoms with Gasteiger partial charge in [-0.15, -0.1) is 0 Å². The van der Waals surface area contributed by atoms with Gasteiger partial charge in [0.2, 0.25) is 10.0 Å². The topological polar surface area (TPSA) is 102 Å². The minimum Gasteiger partial charge on any atom is -0.495 e. The number of ether oxygens (including phenoxy) is 1. The van der Waals surface area contributed by atoms with E-state index in [1.807, 2.05) is 0 Å². The van der Waals surface area contributed by atoms with Gasteiger partial charge in [0.25, 0.3) is 5.69 Å². The molecule has 1 aliphatic rings. The fourth-order valence-electron chi connectivity index (χ4n) is 3.22. The van der Waals surface area contributed by atoms with E-state index in [9.17, 15) is 18.5 Å². The summed E-state index contributed by atoms with van der Waals surface area (Å²) in [6.07, 6.45) is 5.33. The highest BCUT2D eigenvalue weighted by molar-refractivity contribution is 7.89. The van der Waals surface area contributed by atoms with Gasteiger partial charge in [0, 0.05) is 24.7 Å². The van der Waals surface area contributed by atoms with Crippen molar-refractivity contribution in [1.29, 1.82) is 0 Å². The molecule has 1 fully saturated rings. The number of non-ortho nitro benzene ring substituents is 1. The molecule has 1 aromatic carbocycles. The lowest BCUT2D eigenvalue weighted by Gasteiger charge is -2.35. The van der Waals surface area contributed by atoms with Gasteiger partial charge in [0.05, 0.1) is 12.0 Å². The third kappa shape index (κ3) is 5.15. The summed E-state index contributed by atoms with van der Waals surface area (Å²) in [5.41, 5.74) is -0.284. The van der Waals surface area contributed by atoms with Gasteiger partial charge in [-0.3, -0.25) is 15.0 Å². The Morgan fingerprint density at radius 3 is 2.81 bits per heavy atom. The highest BCUT2D eigenvalue weighted by Crippen LogP contribution is 2.28. The van der Waals surface area contributed by atoms with Crippen LogP contribution in [0, 0.1) is 10.1 Å². The summed E-state index contributed by atoms with van der Waals surface area (Å²) in [4.78, 5) is 12.5. The molecule has 0 spiro atoms. The zero-order valence-electron chi connectivity index (χ0n) is 15.3. The van der Waals surface area contributed by atoms with Crippen LogP contribution in [0.4, 0.5) is 5.69 Å². The summed E-state index contributed by atoms with van der Waals surface area (Å²) < 4.78 is 33.1. The molecule has 1 saturated heterocycles. The number of nitro groups is 1. The number of nitrogens with one attached hydrogen (secondary N) is 1. The number of piperidine rings is 1. The number of hydrogen-bond acceptors (Lipinski definition) is 6. The number of unbranched alkanes of at least 4 members (excludes halogenated alkanes) is 1. The molecule has 8 nitrogen and oxygen atoms in total. The van der Waals surface area contributed by atoms with Gasteiger partial charge in [-0.05, 0) is 38.4 Å². The van der Waals surface area contributed by atoms with Crippen molar-refractivity contribution >= 4 is 15.7 Å². The Bertz CT molecular complexity index is 723. The number of hydrogen-bond donors (Lipinski definition) is 1. The molecule has 0 radical (unpaired) electrons. The number of nitrogens with zero attached hydrogens (tertiary/aromatic N) is 2. The van der Waals surface area contributed by atoms with E-state index in [2.05, 4.69) is 16.5 Å². The van der Waals surface area contributed by atoms with E-state index in [-0.39, 0.29) is 28.9 Å². The van der Waals surface area contributed by atoms with E-state index < -0.39 is 14.9 Å². The quantitative estimate of drug-likeness (QED) is 0.518. The van der Waals surface area contributed by atoms with E-state index in [0.717, 1.165) is 51.3 Å². The van der Waals surface area contributed by atoms with Crippen molar-refractivity contribution in [1.82, 2.24) is 9.62 Å². The Labute approximate surface area is 154 Å². The first kappa shape index (κ1) is 20.6. The molecular formula is C17H27N3O5S. The molecule has 0 aliphatic carbocycles. The van der Waals surface area contributed by atoms with E-state index in [1.54, 1.807) is 0 Å². The lowest BCUT2D eigenvalue weighted by molar-refractivity contribution is -0.385. The molecule has 1 aliphatic heterocycles. The first-order valence-electron chi connectivity index (χ1n) is 8.95. The Kier molecular flexibility index (Phi) is 7.36. The van der Waals surface area contributed by atoms with Crippen LogP contribution in [0.25, 0.3) is 0 Å². The summed E-state index contributed by atoms with van der Waals surface area (Å²) in [7, 11) is -2.57. The van der Waals surface area contributed by atoms with Gasteiger partial charge >= 0.3 is 0 Å². The Balaban J connectivity index is 2.15. The van der Waals surface area contributed by atoms with Crippen molar-refractivity contribution in [3.05, 3.63) is 28.3 Å². The van der Waals surface area contributed by atoms with Crippen LogP contribution in [0.1, 0.15) is 39.0 Å². The molecule has 2 rings (SSSR count). The molecule has 1 unspecified atom stereocenters. The van der Waals surface area contributed by atoms with Gasteiger partial charge in [0.15, 0.2) is 0 Å². The molecule has 1 atom stereocenters. The monoisotopic (exact) mass is 385 g/mol. The van der Waals surface area contributed by atoms with Crippen LogP contribution >= 0.6 is 0 Å². The molecule has 1 aromatic rings. The first-order valence-corrected chi connectivity index (χ1v) is 10.4. The number of likely N-dealkylation sites (tertiary alicyclic amines) is 1. The van der Waals surface area contributed by atoms with Crippen molar-refractivity contribution in [2.75, 3.05) is 26.7 Å². The minimum absolute atomic E-state index is 0.0922. The van der Waals surface area contributed by atoms with Crippen LogP contribution < -0.4 is 9.46 Å². The average Bonchev–Trinajstić information content (AvgIpc) is 2.64. The molecule has 0 amide bonds. The van der Waals surface area contributed by atoms with Crippen molar-refractivity contribution in [3.63, 3.8) is 0 Å². The van der Waals surface area contributed by atoms with Gasteiger partial charge < -0.3 is 4.74 Å².